The predicted octanol–water partition coefficient (Wildman–Crippen LogP) is 3.26. The molecule has 0 unspecified atom stereocenters. The Bertz CT molecular complexity index is 306. The smallest absolute Gasteiger partial charge is 0.0245 e. The second kappa shape index (κ2) is 4.72. The lowest BCUT2D eigenvalue weighted by Gasteiger charge is -2.03. The molecule has 0 aliphatic heterocycles. The number of benzene rings is 1. The Morgan fingerprint density at radius 1 is 1.15 bits per heavy atom. The summed E-state index contributed by atoms with van der Waals surface area (Å²) >= 11 is 0. The molecular formula is C13H16. The van der Waals surface area contributed by atoms with Crippen LogP contribution >= 0.6 is 0 Å². The summed E-state index contributed by atoms with van der Waals surface area (Å²) in [6.45, 7) is 6.33. The fraction of sp³-hybridized carbons (Fsp3) is 0.385. The molecule has 68 valence electrons. The predicted molar refractivity (Wildman–Crippen MR) is 57.5 cm³/mol. The van der Waals surface area contributed by atoms with Crippen LogP contribution in [0, 0.1) is 17.8 Å². The number of hydrogen-bond donors (Lipinski definition) is 0. The monoisotopic (exact) mass is 172 g/mol. The zero-order chi connectivity index (χ0) is 9.68. The molecule has 0 saturated carbocycles. The van der Waals surface area contributed by atoms with E-state index in [9.17, 15) is 0 Å². The van der Waals surface area contributed by atoms with Gasteiger partial charge in [0.2, 0.25) is 0 Å². The first-order valence-corrected chi connectivity index (χ1v) is 4.74. The van der Waals surface area contributed by atoms with Crippen molar-refractivity contribution >= 4 is 0 Å². The summed E-state index contributed by atoms with van der Waals surface area (Å²) in [6.07, 6.45) is 1.15. The third-order valence-electron chi connectivity index (χ3n) is 1.87. The molecule has 13 heavy (non-hydrogen) atoms. The first-order chi connectivity index (χ1) is 6.22. The highest BCUT2D eigenvalue weighted by Crippen LogP contribution is 2.08. The maximum atomic E-state index is 3.04. The largest absolute Gasteiger partial charge is 0.101 e. The van der Waals surface area contributed by atoms with E-state index in [0.29, 0.717) is 0 Å². The minimum absolute atomic E-state index is 0.725. The van der Waals surface area contributed by atoms with Crippen LogP contribution < -0.4 is 0 Å². The van der Waals surface area contributed by atoms with Gasteiger partial charge in [0, 0.05) is 5.56 Å². The van der Waals surface area contributed by atoms with E-state index in [-0.39, 0.29) is 0 Å². The molecule has 0 fully saturated rings. The van der Waals surface area contributed by atoms with Gasteiger partial charge in [-0.2, -0.15) is 0 Å². The van der Waals surface area contributed by atoms with Crippen LogP contribution in [0.15, 0.2) is 24.3 Å². The summed E-state index contributed by atoms with van der Waals surface area (Å²) in [7, 11) is 0. The van der Waals surface area contributed by atoms with Crippen molar-refractivity contribution < 1.29 is 0 Å². The van der Waals surface area contributed by atoms with Crippen LogP contribution in [0.1, 0.15) is 31.9 Å². The van der Waals surface area contributed by atoms with Crippen LogP contribution in [0.25, 0.3) is 0 Å². The van der Waals surface area contributed by atoms with Crippen molar-refractivity contribution in [1.29, 1.82) is 0 Å². The fourth-order valence-corrected chi connectivity index (χ4v) is 1.34. The molecule has 0 aliphatic carbocycles. The standard InChI is InChI=1S/C13H16/c1-4-5-12-6-8-13(9-7-12)10-11(2)3/h6-9,11H,10H2,1-3H3. The molecule has 0 saturated heterocycles. The molecule has 0 nitrogen and oxygen atoms in total. The Balaban J connectivity index is 2.73. The molecule has 0 amide bonds. The summed E-state index contributed by atoms with van der Waals surface area (Å²) < 4.78 is 0. The van der Waals surface area contributed by atoms with Crippen molar-refractivity contribution in [3.05, 3.63) is 35.4 Å². The maximum absolute atomic E-state index is 3.04. The maximum Gasteiger partial charge on any atom is 0.0245 e. The second-order valence-electron chi connectivity index (χ2n) is 3.67. The van der Waals surface area contributed by atoms with Gasteiger partial charge in [0.05, 0.1) is 0 Å². The average molecular weight is 172 g/mol. The molecule has 1 aromatic rings. The first-order valence-electron chi connectivity index (χ1n) is 4.74. The highest BCUT2D eigenvalue weighted by Gasteiger charge is 1.96. The Morgan fingerprint density at radius 2 is 1.77 bits per heavy atom. The van der Waals surface area contributed by atoms with Crippen LogP contribution in [0.5, 0.6) is 0 Å². The summed E-state index contributed by atoms with van der Waals surface area (Å²) in [5, 5.41) is 0. The van der Waals surface area contributed by atoms with Crippen molar-refractivity contribution in [1.82, 2.24) is 0 Å². The van der Waals surface area contributed by atoms with E-state index >= 15 is 0 Å². The fourth-order valence-electron chi connectivity index (χ4n) is 1.34. The first kappa shape index (κ1) is 9.86. The summed E-state index contributed by atoms with van der Waals surface area (Å²) in [6, 6.07) is 8.52. The Labute approximate surface area is 81.0 Å². The minimum Gasteiger partial charge on any atom is -0.101 e. The Kier molecular flexibility index (Phi) is 3.58. The zero-order valence-electron chi connectivity index (χ0n) is 8.59. The van der Waals surface area contributed by atoms with Crippen molar-refractivity contribution in [3.63, 3.8) is 0 Å². The number of hydrogen-bond acceptors (Lipinski definition) is 0. The van der Waals surface area contributed by atoms with Crippen molar-refractivity contribution in [2.75, 3.05) is 0 Å². The van der Waals surface area contributed by atoms with Crippen molar-refractivity contribution in [3.8, 4) is 11.8 Å². The van der Waals surface area contributed by atoms with E-state index in [4.69, 9.17) is 0 Å². The zero-order valence-corrected chi connectivity index (χ0v) is 8.59. The number of rotatable bonds is 2. The second-order valence-corrected chi connectivity index (χ2v) is 3.67. The molecule has 1 aromatic carbocycles. The van der Waals surface area contributed by atoms with E-state index in [2.05, 4.69) is 50.0 Å². The topological polar surface area (TPSA) is 0 Å². The van der Waals surface area contributed by atoms with Gasteiger partial charge in [-0.25, -0.2) is 0 Å². The van der Waals surface area contributed by atoms with Crippen LogP contribution in [-0.4, -0.2) is 0 Å². The van der Waals surface area contributed by atoms with Gasteiger partial charge < -0.3 is 0 Å². The molecule has 0 atom stereocenters. The van der Waals surface area contributed by atoms with Crippen LogP contribution in [0.3, 0.4) is 0 Å². The summed E-state index contributed by atoms with van der Waals surface area (Å²) in [5.41, 5.74) is 2.51. The molecule has 0 N–H and O–H groups in total. The Hall–Kier alpha value is -1.22. The van der Waals surface area contributed by atoms with E-state index < -0.39 is 0 Å². The van der Waals surface area contributed by atoms with Crippen LogP contribution in [0.2, 0.25) is 0 Å². The summed E-state index contributed by atoms with van der Waals surface area (Å²) in [5.74, 6) is 6.66. The third kappa shape index (κ3) is 3.34. The van der Waals surface area contributed by atoms with Crippen molar-refractivity contribution in [2.24, 2.45) is 5.92 Å². The quantitative estimate of drug-likeness (QED) is 0.601. The van der Waals surface area contributed by atoms with Gasteiger partial charge in [0.15, 0.2) is 0 Å². The highest BCUT2D eigenvalue weighted by molar-refractivity contribution is 5.35. The lowest BCUT2D eigenvalue weighted by Crippen LogP contribution is -1.93. The normalized spacial score (nSPS) is 9.54. The molecule has 0 radical (unpaired) electrons. The van der Waals surface area contributed by atoms with Gasteiger partial charge in [-0.1, -0.05) is 31.9 Å². The molecule has 0 bridgehead atoms. The molecule has 1 rings (SSSR count). The lowest BCUT2D eigenvalue weighted by atomic mass is 10.0. The third-order valence-corrected chi connectivity index (χ3v) is 1.87. The minimum atomic E-state index is 0.725. The van der Waals surface area contributed by atoms with Gasteiger partial charge in [0.25, 0.3) is 0 Å². The van der Waals surface area contributed by atoms with E-state index in [1.807, 2.05) is 6.92 Å². The lowest BCUT2D eigenvalue weighted by molar-refractivity contribution is 0.647. The Morgan fingerprint density at radius 3 is 2.23 bits per heavy atom. The van der Waals surface area contributed by atoms with Gasteiger partial charge in [-0.15, -0.1) is 5.92 Å². The van der Waals surface area contributed by atoms with Gasteiger partial charge in [-0.3, -0.25) is 0 Å². The molecule has 0 aliphatic rings. The van der Waals surface area contributed by atoms with Gasteiger partial charge in [-0.05, 0) is 37.0 Å². The summed E-state index contributed by atoms with van der Waals surface area (Å²) in [4.78, 5) is 0. The van der Waals surface area contributed by atoms with Crippen molar-refractivity contribution in [2.45, 2.75) is 27.2 Å². The molecule has 0 aromatic heterocycles. The van der Waals surface area contributed by atoms with E-state index in [1.165, 1.54) is 5.56 Å². The van der Waals surface area contributed by atoms with E-state index in [1.54, 1.807) is 0 Å². The molecule has 0 heteroatoms. The molecule has 0 spiro atoms. The van der Waals surface area contributed by atoms with Gasteiger partial charge >= 0.3 is 0 Å². The SMILES string of the molecule is CC#Cc1ccc(CC(C)C)cc1. The highest BCUT2D eigenvalue weighted by atomic mass is 14.0. The van der Waals surface area contributed by atoms with E-state index in [0.717, 1.165) is 17.9 Å². The molecular weight excluding hydrogens is 156 g/mol. The van der Waals surface area contributed by atoms with Gasteiger partial charge in [0.1, 0.15) is 0 Å². The molecule has 0 heterocycles. The average Bonchev–Trinajstić information content (AvgIpc) is 2.08. The van der Waals surface area contributed by atoms with Crippen LogP contribution in [0.4, 0.5) is 0 Å². The van der Waals surface area contributed by atoms with Crippen LogP contribution in [-0.2, 0) is 6.42 Å².